The zero-order valence-corrected chi connectivity index (χ0v) is 29.2. The van der Waals surface area contributed by atoms with Gasteiger partial charge in [-0.2, -0.15) is 0 Å². The summed E-state index contributed by atoms with van der Waals surface area (Å²) in [4.78, 5) is 26.9. The summed E-state index contributed by atoms with van der Waals surface area (Å²) in [6.07, 6.45) is 4.82. The molecule has 48 heavy (non-hydrogen) atoms. The number of unbranched alkanes of at least 4 members (excludes halogenated alkanes) is 2. The number of aryl methyl sites for hydroxylation is 1. The molecule has 2 atom stereocenters. The molecule has 4 aromatic rings. The highest BCUT2D eigenvalue weighted by molar-refractivity contribution is 7.80. The van der Waals surface area contributed by atoms with E-state index in [0.717, 1.165) is 59.2 Å². The fourth-order valence-corrected chi connectivity index (χ4v) is 6.11. The van der Waals surface area contributed by atoms with Crippen LogP contribution in [0.15, 0.2) is 109 Å². The van der Waals surface area contributed by atoms with Crippen molar-refractivity contribution in [1.29, 1.82) is 0 Å². The minimum Gasteiger partial charge on any atom is -0.460 e. The molecule has 0 aliphatic carbocycles. The number of anilines is 1. The monoisotopic (exact) mass is 664 g/mol. The summed E-state index contributed by atoms with van der Waals surface area (Å²) in [6.45, 7) is 7.23. The number of rotatable bonds is 17. The Balaban J connectivity index is 1.34. The number of carbonyl (C=O) groups is 2. The predicted octanol–water partition coefficient (Wildman–Crippen LogP) is 9.17. The van der Waals surface area contributed by atoms with E-state index in [2.05, 4.69) is 17.6 Å². The minimum atomic E-state index is -0.770. The van der Waals surface area contributed by atoms with Gasteiger partial charge in [0.25, 0.3) is 0 Å². The van der Waals surface area contributed by atoms with Crippen LogP contribution in [0.4, 0.5) is 5.69 Å². The molecular formula is C41H48N2O4S. The summed E-state index contributed by atoms with van der Waals surface area (Å²) in [6, 6.07) is 35.3. The maximum atomic E-state index is 13.5. The molecule has 0 bridgehead atoms. The van der Waals surface area contributed by atoms with Gasteiger partial charge < -0.3 is 20.1 Å². The zero-order valence-electron chi connectivity index (χ0n) is 28.4. The van der Waals surface area contributed by atoms with Gasteiger partial charge >= 0.3 is 11.9 Å². The molecule has 0 fully saturated rings. The first kappa shape index (κ1) is 36.3. The van der Waals surface area contributed by atoms with Gasteiger partial charge in [0, 0.05) is 12.2 Å². The fraction of sp³-hybridized carbons (Fsp3) is 0.341. The Morgan fingerprint density at radius 2 is 1.38 bits per heavy atom. The van der Waals surface area contributed by atoms with E-state index in [1.165, 1.54) is 0 Å². The molecule has 0 heterocycles. The van der Waals surface area contributed by atoms with Gasteiger partial charge in [-0.1, -0.05) is 129 Å². The number of esters is 2. The average Bonchev–Trinajstić information content (AvgIpc) is 3.11. The zero-order chi connectivity index (χ0) is 34.2. The molecule has 252 valence electrons. The van der Waals surface area contributed by atoms with Crippen molar-refractivity contribution in [2.75, 3.05) is 11.9 Å². The van der Waals surface area contributed by atoms with Crippen LogP contribution < -0.4 is 10.6 Å². The van der Waals surface area contributed by atoms with Gasteiger partial charge in [-0.3, -0.25) is 9.59 Å². The lowest BCUT2D eigenvalue weighted by Crippen LogP contribution is -2.35. The van der Waals surface area contributed by atoms with Gasteiger partial charge in [-0.25, -0.2) is 0 Å². The fourth-order valence-electron chi connectivity index (χ4n) is 5.89. The number of benzene rings is 4. The van der Waals surface area contributed by atoms with Crippen LogP contribution in [-0.2, 0) is 37.7 Å². The van der Waals surface area contributed by atoms with E-state index in [1.54, 1.807) is 0 Å². The minimum absolute atomic E-state index is 0.227. The number of hydrogen-bond acceptors (Lipinski definition) is 5. The van der Waals surface area contributed by atoms with Crippen LogP contribution in [0.25, 0.3) is 0 Å². The number of nitrogens with one attached hydrogen (secondary N) is 2. The van der Waals surface area contributed by atoms with Crippen molar-refractivity contribution < 1.29 is 19.1 Å². The van der Waals surface area contributed by atoms with E-state index < -0.39 is 11.3 Å². The summed E-state index contributed by atoms with van der Waals surface area (Å²) in [5.74, 6) is -0.862. The normalized spacial score (nSPS) is 12.7. The maximum absolute atomic E-state index is 13.5. The molecule has 0 spiro atoms. The number of hydrogen-bond donors (Lipinski definition) is 2. The molecule has 0 aliphatic rings. The Morgan fingerprint density at radius 1 is 0.771 bits per heavy atom. The molecule has 0 radical (unpaired) electrons. The maximum Gasteiger partial charge on any atom is 0.316 e. The molecule has 0 saturated carbocycles. The molecular weight excluding hydrogens is 617 g/mol. The van der Waals surface area contributed by atoms with Gasteiger partial charge in [0.15, 0.2) is 5.11 Å². The SMILES string of the molecule is CCCCC(C(=O)OCc1ccccc1)c1c(C)cccc1NC(=S)NCCCCC(C)(C(=O)OCc1ccccc1)c1ccccc1. The highest BCUT2D eigenvalue weighted by Crippen LogP contribution is 2.34. The highest BCUT2D eigenvalue weighted by atomic mass is 32.1. The standard InChI is InChI=1S/C41H48N2O4S/c1-4-5-25-35(38(44)46-29-32-19-9-6-10-20-32)37-31(2)18-17-26-36(37)43-40(48)42-28-16-15-27-41(3,34-23-13-8-14-24-34)39(45)47-30-33-21-11-7-12-22-33/h6-14,17-24,26,35H,4-5,15-16,25,27-30H2,1-3H3,(H2,42,43,48). The quantitative estimate of drug-likeness (QED) is 0.0662. The van der Waals surface area contributed by atoms with Crippen molar-refractivity contribution in [2.45, 2.75) is 83.8 Å². The van der Waals surface area contributed by atoms with Crippen LogP contribution in [0.5, 0.6) is 0 Å². The lowest BCUT2D eigenvalue weighted by molar-refractivity contribution is -0.152. The van der Waals surface area contributed by atoms with Crippen LogP contribution in [0.1, 0.15) is 86.1 Å². The van der Waals surface area contributed by atoms with Crippen molar-refractivity contribution in [3.63, 3.8) is 0 Å². The topological polar surface area (TPSA) is 76.7 Å². The molecule has 0 saturated heterocycles. The summed E-state index contributed by atoms with van der Waals surface area (Å²) in [7, 11) is 0. The second kappa shape index (κ2) is 18.7. The second-order valence-corrected chi connectivity index (χ2v) is 12.8. The summed E-state index contributed by atoms with van der Waals surface area (Å²) >= 11 is 5.70. The molecule has 7 heteroatoms. The molecule has 4 rings (SSSR count). The van der Waals surface area contributed by atoms with E-state index in [0.29, 0.717) is 24.5 Å². The van der Waals surface area contributed by atoms with Gasteiger partial charge in [-0.15, -0.1) is 0 Å². The largest absolute Gasteiger partial charge is 0.460 e. The molecule has 0 aliphatic heterocycles. The first-order valence-electron chi connectivity index (χ1n) is 16.9. The summed E-state index contributed by atoms with van der Waals surface area (Å²) in [5.41, 5.74) is 4.84. The van der Waals surface area contributed by atoms with Gasteiger partial charge in [-0.05, 0) is 79.2 Å². The third-order valence-electron chi connectivity index (χ3n) is 8.74. The first-order chi connectivity index (χ1) is 23.3. The van der Waals surface area contributed by atoms with Crippen LogP contribution in [-0.4, -0.2) is 23.6 Å². The van der Waals surface area contributed by atoms with Gasteiger partial charge in [0.2, 0.25) is 0 Å². The lowest BCUT2D eigenvalue weighted by atomic mass is 9.78. The first-order valence-corrected chi connectivity index (χ1v) is 17.3. The molecule has 0 amide bonds. The Kier molecular flexibility index (Phi) is 14.2. The predicted molar refractivity (Wildman–Crippen MR) is 198 cm³/mol. The van der Waals surface area contributed by atoms with Crippen molar-refractivity contribution in [3.05, 3.63) is 137 Å². The molecule has 6 nitrogen and oxygen atoms in total. The van der Waals surface area contributed by atoms with Crippen molar-refractivity contribution in [2.24, 2.45) is 0 Å². The van der Waals surface area contributed by atoms with Crippen molar-refractivity contribution in [1.82, 2.24) is 5.32 Å². The molecule has 2 N–H and O–H groups in total. The lowest BCUT2D eigenvalue weighted by Gasteiger charge is -2.28. The van der Waals surface area contributed by atoms with Crippen LogP contribution in [0, 0.1) is 6.92 Å². The smallest absolute Gasteiger partial charge is 0.316 e. The molecule has 2 unspecified atom stereocenters. The molecule has 4 aromatic carbocycles. The Morgan fingerprint density at radius 3 is 2.00 bits per heavy atom. The van der Waals surface area contributed by atoms with E-state index in [9.17, 15) is 9.59 Å². The van der Waals surface area contributed by atoms with Crippen molar-refractivity contribution in [3.8, 4) is 0 Å². The van der Waals surface area contributed by atoms with Crippen LogP contribution >= 0.6 is 12.2 Å². The van der Waals surface area contributed by atoms with Crippen LogP contribution in [0.3, 0.4) is 0 Å². The number of ether oxygens (including phenoxy) is 2. The number of carbonyl (C=O) groups excluding carboxylic acids is 2. The molecule has 0 aromatic heterocycles. The Labute approximate surface area is 291 Å². The highest BCUT2D eigenvalue weighted by Gasteiger charge is 2.36. The van der Waals surface area contributed by atoms with Crippen molar-refractivity contribution >= 4 is 35.0 Å². The average molecular weight is 665 g/mol. The van der Waals surface area contributed by atoms with Gasteiger partial charge in [0.05, 0.1) is 11.3 Å². The Hall–Kier alpha value is -4.49. The van der Waals surface area contributed by atoms with E-state index in [1.807, 2.05) is 123 Å². The second-order valence-electron chi connectivity index (χ2n) is 12.4. The van der Waals surface area contributed by atoms with Gasteiger partial charge in [0.1, 0.15) is 13.2 Å². The Bertz CT molecular complexity index is 1600. The summed E-state index contributed by atoms with van der Waals surface area (Å²) < 4.78 is 11.6. The van der Waals surface area contributed by atoms with E-state index in [4.69, 9.17) is 21.7 Å². The van der Waals surface area contributed by atoms with Crippen LogP contribution in [0.2, 0.25) is 0 Å². The van der Waals surface area contributed by atoms with E-state index >= 15 is 0 Å². The third-order valence-corrected chi connectivity index (χ3v) is 8.99. The summed E-state index contributed by atoms with van der Waals surface area (Å²) in [5, 5.41) is 7.17. The van der Waals surface area contributed by atoms with E-state index in [-0.39, 0.29) is 25.2 Å². The number of thiocarbonyl (C=S) groups is 1. The third kappa shape index (κ3) is 10.5.